The van der Waals surface area contributed by atoms with Crippen LogP contribution >= 0.6 is 35.6 Å². The van der Waals surface area contributed by atoms with Gasteiger partial charge in [-0.25, -0.2) is 0 Å². The Morgan fingerprint density at radius 2 is 1.95 bits per heavy atom. The number of aromatic nitrogens is 3. The Morgan fingerprint density at radius 1 is 1.25 bits per heavy atom. The van der Waals surface area contributed by atoms with Gasteiger partial charge in [-0.1, -0.05) is 11.6 Å². The van der Waals surface area contributed by atoms with Gasteiger partial charge in [0.2, 0.25) is 0 Å². The fourth-order valence-electron chi connectivity index (χ4n) is 2.25. The summed E-state index contributed by atoms with van der Waals surface area (Å²) in [5.74, 6) is 3.32. The number of aromatic amines is 1. The second-order valence-electron chi connectivity index (χ2n) is 4.65. The van der Waals surface area contributed by atoms with E-state index in [-0.39, 0.29) is 0 Å². The van der Waals surface area contributed by atoms with Crippen LogP contribution in [0.2, 0.25) is 5.02 Å². The third kappa shape index (κ3) is 3.09. The lowest BCUT2D eigenvalue weighted by atomic mass is 10.3. The standard InChI is InChI=1S/C13H15ClN4S2/c14-10-1-3-11(4-2-10)18-12(15-16-13(18)19)9-17-5-7-20-8-6-17/h1-4H,5-9H2,(H,16,19). The maximum absolute atomic E-state index is 5.94. The van der Waals surface area contributed by atoms with E-state index >= 15 is 0 Å². The van der Waals surface area contributed by atoms with Crippen molar-refractivity contribution in [2.24, 2.45) is 0 Å². The maximum Gasteiger partial charge on any atom is 0.199 e. The molecule has 20 heavy (non-hydrogen) atoms. The van der Waals surface area contributed by atoms with Gasteiger partial charge in [0.15, 0.2) is 4.77 Å². The molecule has 0 radical (unpaired) electrons. The molecule has 1 aromatic carbocycles. The van der Waals surface area contributed by atoms with Gasteiger partial charge in [-0.3, -0.25) is 14.6 Å². The number of nitrogens with zero attached hydrogens (tertiary/aromatic N) is 3. The molecule has 1 N–H and O–H groups in total. The molecule has 0 unspecified atom stereocenters. The summed E-state index contributed by atoms with van der Waals surface area (Å²) >= 11 is 13.3. The Labute approximate surface area is 132 Å². The summed E-state index contributed by atoms with van der Waals surface area (Å²) in [6.45, 7) is 3.02. The molecule has 106 valence electrons. The van der Waals surface area contributed by atoms with Crippen molar-refractivity contribution in [2.45, 2.75) is 6.54 Å². The molecule has 0 saturated carbocycles. The Hall–Kier alpha value is -0.820. The van der Waals surface area contributed by atoms with Crippen LogP contribution in [0.25, 0.3) is 5.69 Å². The number of thioether (sulfide) groups is 1. The van der Waals surface area contributed by atoms with E-state index in [2.05, 4.69) is 15.1 Å². The van der Waals surface area contributed by atoms with Crippen molar-refractivity contribution in [1.29, 1.82) is 0 Å². The zero-order valence-electron chi connectivity index (χ0n) is 10.9. The zero-order valence-corrected chi connectivity index (χ0v) is 13.3. The number of hydrogen-bond donors (Lipinski definition) is 1. The monoisotopic (exact) mass is 326 g/mol. The smallest absolute Gasteiger partial charge is 0.199 e. The van der Waals surface area contributed by atoms with E-state index in [0.717, 1.165) is 36.2 Å². The van der Waals surface area contributed by atoms with E-state index < -0.39 is 0 Å². The molecule has 1 fully saturated rings. The van der Waals surface area contributed by atoms with Crippen molar-refractivity contribution in [3.63, 3.8) is 0 Å². The number of nitrogens with one attached hydrogen (secondary N) is 1. The fourth-order valence-corrected chi connectivity index (χ4v) is 3.61. The number of rotatable bonds is 3. The Morgan fingerprint density at radius 3 is 2.65 bits per heavy atom. The molecule has 0 amide bonds. The molecular formula is C13H15ClN4S2. The fraction of sp³-hybridized carbons (Fsp3) is 0.385. The number of H-pyrrole nitrogens is 1. The molecule has 2 aromatic rings. The van der Waals surface area contributed by atoms with Crippen LogP contribution < -0.4 is 0 Å². The Bertz CT molecular complexity index is 629. The van der Waals surface area contributed by atoms with E-state index in [1.54, 1.807) is 0 Å². The van der Waals surface area contributed by atoms with E-state index in [9.17, 15) is 0 Å². The van der Waals surface area contributed by atoms with Crippen LogP contribution in [-0.2, 0) is 6.54 Å². The summed E-state index contributed by atoms with van der Waals surface area (Å²) in [5.41, 5.74) is 0.995. The molecule has 0 bridgehead atoms. The molecule has 0 spiro atoms. The predicted octanol–water partition coefficient (Wildman–Crippen LogP) is 3.13. The van der Waals surface area contributed by atoms with Crippen molar-refractivity contribution < 1.29 is 0 Å². The molecule has 0 aliphatic carbocycles. The second-order valence-corrected chi connectivity index (χ2v) is 6.69. The maximum atomic E-state index is 5.94. The van der Waals surface area contributed by atoms with E-state index in [1.807, 2.05) is 40.6 Å². The first-order valence-corrected chi connectivity index (χ1v) is 8.40. The average Bonchev–Trinajstić information content (AvgIpc) is 2.82. The van der Waals surface area contributed by atoms with Gasteiger partial charge in [0.25, 0.3) is 0 Å². The quantitative estimate of drug-likeness (QED) is 0.879. The van der Waals surface area contributed by atoms with Crippen LogP contribution in [-0.4, -0.2) is 44.3 Å². The minimum absolute atomic E-state index is 0.619. The van der Waals surface area contributed by atoms with Gasteiger partial charge >= 0.3 is 0 Å². The summed E-state index contributed by atoms with van der Waals surface area (Å²) in [5, 5.41) is 7.98. The molecular weight excluding hydrogens is 312 g/mol. The van der Waals surface area contributed by atoms with Gasteiger partial charge in [0.05, 0.1) is 6.54 Å². The van der Waals surface area contributed by atoms with Gasteiger partial charge < -0.3 is 0 Å². The highest BCUT2D eigenvalue weighted by molar-refractivity contribution is 7.99. The van der Waals surface area contributed by atoms with Crippen molar-refractivity contribution in [3.8, 4) is 5.69 Å². The van der Waals surface area contributed by atoms with Crippen molar-refractivity contribution in [3.05, 3.63) is 39.9 Å². The SMILES string of the molecule is S=c1[nH]nc(CN2CCSCC2)n1-c1ccc(Cl)cc1. The van der Waals surface area contributed by atoms with Crippen LogP contribution in [0.4, 0.5) is 0 Å². The average molecular weight is 327 g/mol. The summed E-state index contributed by atoms with van der Waals surface area (Å²) in [4.78, 5) is 2.41. The topological polar surface area (TPSA) is 36.9 Å². The molecule has 2 heterocycles. The predicted molar refractivity (Wildman–Crippen MR) is 86.4 cm³/mol. The van der Waals surface area contributed by atoms with E-state index in [0.29, 0.717) is 4.77 Å². The Kier molecular flexibility index (Phi) is 4.45. The van der Waals surface area contributed by atoms with Crippen molar-refractivity contribution in [2.75, 3.05) is 24.6 Å². The number of halogens is 1. The van der Waals surface area contributed by atoms with Crippen molar-refractivity contribution in [1.82, 2.24) is 19.7 Å². The molecule has 3 rings (SSSR count). The number of hydrogen-bond acceptors (Lipinski definition) is 4. The molecule has 1 saturated heterocycles. The molecule has 0 atom stereocenters. The van der Waals surface area contributed by atoms with E-state index in [1.165, 1.54) is 11.5 Å². The summed E-state index contributed by atoms with van der Waals surface area (Å²) in [6.07, 6.45) is 0. The lowest BCUT2D eigenvalue weighted by Crippen LogP contribution is -2.33. The minimum atomic E-state index is 0.619. The van der Waals surface area contributed by atoms with Crippen LogP contribution in [0.3, 0.4) is 0 Å². The zero-order chi connectivity index (χ0) is 13.9. The summed E-state index contributed by atoms with van der Waals surface area (Å²) < 4.78 is 2.60. The van der Waals surface area contributed by atoms with Gasteiger partial charge in [-0.2, -0.15) is 16.9 Å². The van der Waals surface area contributed by atoms with E-state index in [4.69, 9.17) is 23.8 Å². The van der Waals surface area contributed by atoms with Gasteiger partial charge in [0.1, 0.15) is 5.82 Å². The van der Waals surface area contributed by atoms with Crippen LogP contribution in [0.5, 0.6) is 0 Å². The minimum Gasteiger partial charge on any atom is -0.294 e. The normalized spacial score (nSPS) is 16.4. The third-order valence-electron chi connectivity index (χ3n) is 3.30. The lowest BCUT2D eigenvalue weighted by molar-refractivity contribution is 0.285. The molecule has 1 aliphatic rings. The third-order valence-corrected chi connectivity index (χ3v) is 4.76. The summed E-state index contributed by atoms with van der Waals surface area (Å²) in [6, 6.07) is 7.66. The Balaban J connectivity index is 1.88. The van der Waals surface area contributed by atoms with Crippen LogP contribution in [0.15, 0.2) is 24.3 Å². The first kappa shape index (κ1) is 14.1. The highest BCUT2D eigenvalue weighted by Gasteiger charge is 2.15. The van der Waals surface area contributed by atoms with Crippen molar-refractivity contribution >= 4 is 35.6 Å². The molecule has 7 heteroatoms. The van der Waals surface area contributed by atoms with Gasteiger partial charge in [-0.05, 0) is 36.5 Å². The van der Waals surface area contributed by atoms with Crippen LogP contribution in [0, 0.1) is 4.77 Å². The van der Waals surface area contributed by atoms with Gasteiger partial charge in [0, 0.05) is 35.3 Å². The molecule has 1 aliphatic heterocycles. The highest BCUT2D eigenvalue weighted by atomic mass is 35.5. The van der Waals surface area contributed by atoms with Gasteiger partial charge in [-0.15, -0.1) is 0 Å². The largest absolute Gasteiger partial charge is 0.294 e. The highest BCUT2D eigenvalue weighted by Crippen LogP contribution is 2.17. The van der Waals surface area contributed by atoms with Crippen LogP contribution in [0.1, 0.15) is 5.82 Å². The summed E-state index contributed by atoms with van der Waals surface area (Å²) in [7, 11) is 0. The second kappa shape index (κ2) is 6.30. The molecule has 1 aromatic heterocycles. The first-order chi connectivity index (χ1) is 9.74. The molecule has 4 nitrogen and oxygen atoms in total. The number of benzene rings is 1. The lowest BCUT2D eigenvalue weighted by Gasteiger charge is -2.25. The first-order valence-electron chi connectivity index (χ1n) is 6.46.